The lowest BCUT2D eigenvalue weighted by molar-refractivity contribution is -0.307. The Morgan fingerprint density at radius 2 is 1.96 bits per heavy atom. The first-order valence-corrected chi connectivity index (χ1v) is 7.46. The zero-order chi connectivity index (χ0) is 18.4. The molecule has 7 heteroatoms. The van der Waals surface area contributed by atoms with Gasteiger partial charge in [-0.3, -0.25) is 4.79 Å². The van der Waals surface area contributed by atoms with Crippen molar-refractivity contribution in [2.75, 3.05) is 13.7 Å². The number of carboxylic acid groups (broad SMARTS) is 1. The molecule has 0 saturated carbocycles. The number of ketones is 1. The molecule has 0 aliphatic carbocycles. The quantitative estimate of drug-likeness (QED) is 0.558. The summed E-state index contributed by atoms with van der Waals surface area (Å²) in [5.41, 5.74) is 0.796. The maximum absolute atomic E-state index is 13.0. The van der Waals surface area contributed by atoms with Crippen LogP contribution in [0.2, 0.25) is 5.02 Å². The van der Waals surface area contributed by atoms with Gasteiger partial charge in [-0.15, -0.1) is 0 Å². The molecule has 0 unspecified atom stereocenters. The van der Waals surface area contributed by atoms with Gasteiger partial charge < -0.3 is 19.4 Å². The van der Waals surface area contributed by atoms with E-state index in [1.807, 2.05) is 0 Å². The van der Waals surface area contributed by atoms with Gasteiger partial charge in [-0.1, -0.05) is 23.7 Å². The SMILES string of the molecule is COc1cc(/C=C/C(=O)c2ccc(F)cc2Cl)ccc1OCC(=O)[O-]. The zero-order valence-corrected chi connectivity index (χ0v) is 13.9. The lowest BCUT2D eigenvalue weighted by atomic mass is 10.1. The van der Waals surface area contributed by atoms with E-state index in [4.69, 9.17) is 21.1 Å². The third kappa shape index (κ3) is 5.06. The molecule has 130 valence electrons. The Bertz CT molecular complexity index is 832. The van der Waals surface area contributed by atoms with Crippen molar-refractivity contribution >= 4 is 29.4 Å². The van der Waals surface area contributed by atoms with Crippen LogP contribution in [0.3, 0.4) is 0 Å². The molecule has 0 aliphatic rings. The van der Waals surface area contributed by atoms with Crippen molar-refractivity contribution in [1.29, 1.82) is 0 Å². The van der Waals surface area contributed by atoms with Crippen LogP contribution in [0, 0.1) is 5.82 Å². The van der Waals surface area contributed by atoms with E-state index in [0.29, 0.717) is 11.3 Å². The summed E-state index contributed by atoms with van der Waals surface area (Å²) in [6.45, 7) is -0.604. The summed E-state index contributed by atoms with van der Waals surface area (Å²) in [6, 6.07) is 8.22. The Morgan fingerprint density at radius 1 is 1.20 bits per heavy atom. The number of allylic oxidation sites excluding steroid dienone is 1. The first kappa shape index (κ1) is 18.5. The van der Waals surface area contributed by atoms with Gasteiger partial charge in [0, 0.05) is 5.56 Å². The molecular weight excluding hydrogens is 351 g/mol. The molecule has 0 heterocycles. The Hall–Kier alpha value is -2.86. The standard InChI is InChI=1S/C18H14ClFO5/c1-24-17-8-11(3-7-16(17)25-10-18(22)23)2-6-15(21)13-5-4-12(20)9-14(13)19/h2-9H,10H2,1H3,(H,22,23)/p-1/b6-2+. The predicted octanol–water partition coefficient (Wildman–Crippen LogP) is 2.51. The Kier molecular flexibility index (Phi) is 6.14. The fraction of sp³-hybridized carbons (Fsp3) is 0.111. The third-order valence-corrected chi connectivity index (χ3v) is 3.47. The van der Waals surface area contributed by atoms with Crippen molar-refractivity contribution in [3.63, 3.8) is 0 Å². The van der Waals surface area contributed by atoms with E-state index in [1.54, 1.807) is 12.1 Å². The van der Waals surface area contributed by atoms with Crippen LogP contribution in [0.15, 0.2) is 42.5 Å². The van der Waals surface area contributed by atoms with Crippen LogP contribution in [-0.2, 0) is 4.79 Å². The molecule has 0 aliphatic heterocycles. The molecule has 5 nitrogen and oxygen atoms in total. The number of carbonyl (C=O) groups excluding carboxylic acids is 2. The summed E-state index contributed by atoms with van der Waals surface area (Å²) in [5.74, 6) is -1.73. The second kappa shape index (κ2) is 8.30. The van der Waals surface area contributed by atoms with Crippen LogP contribution in [0.25, 0.3) is 6.08 Å². The number of rotatable bonds is 7. The maximum Gasteiger partial charge on any atom is 0.187 e. The van der Waals surface area contributed by atoms with Crippen LogP contribution in [-0.4, -0.2) is 25.5 Å². The fourth-order valence-electron chi connectivity index (χ4n) is 1.99. The summed E-state index contributed by atoms with van der Waals surface area (Å²) >= 11 is 5.85. The summed E-state index contributed by atoms with van der Waals surface area (Å²) in [7, 11) is 1.40. The normalized spacial score (nSPS) is 10.7. The number of halogens is 2. The number of hydrogen-bond acceptors (Lipinski definition) is 5. The first-order chi connectivity index (χ1) is 11.9. The Morgan fingerprint density at radius 3 is 2.60 bits per heavy atom. The van der Waals surface area contributed by atoms with Gasteiger partial charge in [0.05, 0.1) is 18.1 Å². The van der Waals surface area contributed by atoms with Gasteiger partial charge in [-0.05, 0) is 42.0 Å². The summed E-state index contributed by atoms with van der Waals surface area (Å²) in [6.07, 6.45) is 2.81. The smallest absolute Gasteiger partial charge is 0.187 e. The topological polar surface area (TPSA) is 75.7 Å². The summed E-state index contributed by atoms with van der Waals surface area (Å²) < 4.78 is 23.2. The number of carbonyl (C=O) groups is 2. The molecule has 0 atom stereocenters. The highest BCUT2D eigenvalue weighted by atomic mass is 35.5. The minimum Gasteiger partial charge on any atom is -0.546 e. The van der Waals surface area contributed by atoms with E-state index in [0.717, 1.165) is 12.1 Å². The van der Waals surface area contributed by atoms with Gasteiger partial charge in [0.25, 0.3) is 0 Å². The molecule has 0 spiro atoms. The number of carboxylic acids is 1. The largest absolute Gasteiger partial charge is 0.546 e. The monoisotopic (exact) mass is 363 g/mol. The van der Waals surface area contributed by atoms with Crippen molar-refractivity contribution in [1.82, 2.24) is 0 Å². The Balaban J connectivity index is 2.17. The van der Waals surface area contributed by atoms with Gasteiger partial charge in [0.1, 0.15) is 12.4 Å². The van der Waals surface area contributed by atoms with E-state index in [1.165, 1.54) is 31.4 Å². The van der Waals surface area contributed by atoms with Crippen molar-refractivity contribution in [3.05, 3.63) is 64.4 Å². The molecule has 2 aromatic carbocycles. The number of benzene rings is 2. The van der Waals surface area contributed by atoms with Crippen molar-refractivity contribution < 1.29 is 28.6 Å². The molecule has 0 aromatic heterocycles. The van der Waals surface area contributed by atoms with Crippen molar-refractivity contribution in [2.45, 2.75) is 0 Å². The highest BCUT2D eigenvalue weighted by Crippen LogP contribution is 2.28. The molecule has 0 bridgehead atoms. The molecule has 0 saturated heterocycles. The van der Waals surface area contributed by atoms with Gasteiger partial charge in [-0.2, -0.15) is 0 Å². The number of aliphatic carboxylic acids is 1. The highest BCUT2D eigenvalue weighted by Gasteiger charge is 2.09. The Labute approximate surface area is 148 Å². The lowest BCUT2D eigenvalue weighted by Crippen LogP contribution is -2.29. The van der Waals surface area contributed by atoms with E-state index < -0.39 is 18.4 Å². The highest BCUT2D eigenvalue weighted by molar-refractivity contribution is 6.34. The molecule has 0 amide bonds. The summed E-state index contributed by atoms with van der Waals surface area (Å²) in [5, 5.41) is 10.5. The first-order valence-electron chi connectivity index (χ1n) is 7.09. The molecule has 25 heavy (non-hydrogen) atoms. The third-order valence-electron chi connectivity index (χ3n) is 3.16. The zero-order valence-electron chi connectivity index (χ0n) is 13.1. The molecule has 2 aromatic rings. The second-order valence-electron chi connectivity index (χ2n) is 4.89. The van der Waals surface area contributed by atoms with Gasteiger partial charge in [-0.25, -0.2) is 4.39 Å². The molecule has 2 rings (SSSR count). The van der Waals surface area contributed by atoms with Crippen molar-refractivity contribution in [3.8, 4) is 11.5 Å². The molecular formula is C18H13ClFO5-. The number of hydrogen-bond donors (Lipinski definition) is 0. The minimum absolute atomic E-state index is 0.0262. The van der Waals surface area contributed by atoms with Gasteiger partial charge in [0.15, 0.2) is 17.3 Å². The lowest BCUT2D eigenvalue weighted by Gasteiger charge is -2.11. The van der Waals surface area contributed by atoms with Crippen LogP contribution < -0.4 is 14.6 Å². The van der Waals surface area contributed by atoms with E-state index in [2.05, 4.69) is 0 Å². The fourth-order valence-corrected chi connectivity index (χ4v) is 2.26. The van der Waals surface area contributed by atoms with Crippen LogP contribution in [0.1, 0.15) is 15.9 Å². The molecule has 0 fully saturated rings. The maximum atomic E-state index is 13.0. The average Bonchev–Trinajstić information content (AvgIpc) is 2.58. The van der Waals surface area contributed by atoms with Crippen LogP contribution in [0.4, 0.5) is 4.39 Å². The van der Waals surface area contributed by atoms with E-state index in [9.17, 15) is 19.1 Å². The number of ether oxygens (including phenoxy) is 2. The number of methoxy groups -OCH3 is 1. The minimum atomic E-state index is -1.35. The van der Waals surface area contributed by atoms with Crippen LogP contribution >= 0.6 is 11.6 Å². The van der Waals surface area contributed by atoms with Gasteiger partial charge in [0.2, 0.25) is 0 Å². The van der Waals surface area contributed by atoms with Crippen LogP contribution in [0.5, 0.6) is 11.5 Å². The molecule has 0 N–H and O–H groups in total. The van der Waals surface area contributed by atoms with Gasteiger partial charge >= 0.3 is 0 Å². The molecule has 0 radical (unpaired) electrons. The average molecular weight is 364 g/mol. The second-order valence-corrected chi connectivity index (χ2v) is 5.30. The summed E-state index contributed by atoms with van der Waals surface area (Å²) in [4.78, 5) is 22.6. The van der Waals surface area contributed by atoms with E-state index in [-0.39, 0.29) is 22.1 Å². The predicted molar refractivity (Wildman–Crippen MR) is 88.3 cm³/mol. The van der Waals surface area contributed by atoms with Crippen molar-refractivity contribution in [2.24, 2.45) is 0 Å². The van der Waals surface area contributed by atoms with E-state index >= 15 is 0 Å².